The number of carbonyl (C=O) groups is 1. The van der Waals surface area contributed by atoms with Crippen molar-refractivity contribution in [1.29, 1.82) is 0 Å². The van der Waals surface area contributed by atoms with Crippen LogP contribution in [0.25, 0.3) is 0 Å². The summed E-state index contributed by atoms with van der Waals surface area (Å²) >= 11 is 5.93. The van der Waals surface area contributed by atoms with Gasteiger partial charge in [-0.3, -0.25) is 4.79 Å². The van der Waals surface area contributed by atoms with Gasteiger partial charge < -0.3 is 19.7 Å². The number of amides is 1. The van der Waals surface area contributed by atoms with Gasteiger partial charge in [-0.1, -0.05) is 17.7 Å². The SMILES string of the molecule is COCC1(C(=O)N(C)CCCOc2cccc(Cl)c2)CCNCC1.Cl. The van der Waals surface area contributed by atoms with Gasteiger partial charge in [0.2, 0.25) is 5.91 Å². The van der Waals surface area contributed by atoms with Gasteiger partial charge in [-0.25, -0.2) is 0 Å². The second-order valence-corrected chi connectivity index (χ2v) is 6.79. The van der Waals surface area contributed by atoms with Gasteiger partial charge >= 0.3 is 0 Å². The molecule has 1 aromatic rings. The highest BCUT2D eigenvalue weighted by Gasteiger charge is 2.41. The molecule has 1 aliphatic heterocycles. The third-order valence-electron chi connectivity index (χ3n) is 4.48. The van der Waals surface area contributed by atoms with Crippen molar-refractivity contribution >= 4 is 29.9 Å². The number of hydrogen-bond acceptors (Lipinski definition) is 4. The van der Waals surface area contributed by atoms with Crippen LogP contribution in [0.1, 0.15) is 19.3 Å². The number of ether oxygens (including phenoxy) is 2. The predicted molar refractivity (Wildman–Crippen MR) is 103 cm³/mol. The van der Waals surface area contributed by atoms with Crippen LogP contribution in [0.4, 0.5) is 0 Å². The topological polar surface area (TPSA) is 50.8 Å². The molecule has 1 aromatic carbocycles. The van der Waals surface area contributed by atoms with Crippen LogP contribution in [0.3, 0.4) is 0 Å². The zero-order valence-corrected chi connectivity index (χ0v) is 16.5. The van der Waals surface area contributed by atoms with Crippen LogP contribution in [0, 0.1) is 5.41 Å². The number of piperidine rings is 1. The summed E-state index contributed by atoms with van der Waals surface area (Å²) in [5.41, 5.74) is -0.386. The number of nitrogens with zero attached hydrogens (tertiary/aromatic N) is 1. The first-order chi connectivity index (χ1) is 11.6. The average Bonchev–Trinajstić information content (AvgIpc) is 2.59. The Kier molecular flexibility index (Phi) is 9.57. The van der Waals surface area contributed by atoms with Crippen molar-refractivity contribution < 1.29 is 14.3 Å². The summed E-state index contributed by atoms with van der Waals surface area (Å²) in [7, 11) is 3.52. The van der Waals surface area contributed by atoms with Gasteiger partial charge in [-0.15, -0.1) is 12.4 Å². The fourth-order valence-electron chi connectivity index (χ4n) is 3.16. The monoisotopic (exact) mass is 390 g/mol. The van der Waals surface area contributed by atoms with Crippen LogP contribution in [0.15, 0.2) is 24.3 Å². The molecule has 0 aromatic heterocycles. The van der Waals surface area contributed by atoms with E-state index in [1.165, 1.54) is 0 Å². The van der Waals surface area contributed by atoms with Crippen molar-refractivity contribution in [3.8, 4) is 5.75 Å². The van der Waals surface area contributed by atoms with Crippen molar-refractivity contribution in [3.63, 3.8) is 0 Å². The lowest BCUT2D eigenvalue weighted by atomic mass is 9.78. The second-order valence-electron chi connectivity index (χ2n) is 6.35. The van der Waals surface area contributed by atoms with Crippen molar-refractivity contribution in [1.82, 2.24) is 10.2 Å². The standard InChI is InChI=1S/C18H27ClN2O3.ClH/c1-21(11-4-12-24-16-6-3-5-15(19)13-16)17(22)18(14-23-2)7-9-20-10-8-18;/h3,5-6,13,20H,4,7-12,14H2,1-2H3;1H. The van der Waals surface area contributed by atoms with E-state index in [2.05, 4.69) is 5.32 Å². The minimum absolute atomic E-state index is 0. The van der Waals surface area contributed by atoms with Gasteiger partial charge in [-0.05, 0) is 50.6 Å². The Bertz CT molecular complexity index is 531. The molecule has 0 radical (unpaired) electrons. The van der Waals surface area contributed by atoms with Gasteiger partial charge in [0.05, 0.1) is 18.6 Å². The fourth-order valence-corrected chi connectivity index (χ4v) is 3.34. The summed E-state index contributed by atoms with van der Waals surface area (Å²) < 4.78 is 11.0. The van der Waals surface area contributed by atoms with Crippen molar-refractivity contribution in [2.45, 2.75) is 19.3 Å². The van der Waals surface area contributed by atoms with Gasteiger partial charge in [0.15, 0.2) is 0 Å². The summed E-state index contributed by atoms with van der Waals surface area (Å²) in [6.07, 6.45) is 2.42. The lowest BCUT2D eigenvalue weighted by Crippen LogP contribution is -2.50. The molecule has 1 amide bonds. The van der Waals surface area contributed by atoms with Crippen LogP contribution in [-0.2, 0) is 9.53 Å². The lowest BCUT2D eigenvalue weighted by molar-refractivity contribution is -0.146. The van der Waals surface area contributed by atoms with Crippen molar-refractivity contribution in [2.75, 3.05) is 47.0 Å². The van der Waals surface area contributed by atoms with E-state index in [0.717, 1.165) is 38.1 Å². The summed E-state index contributed by atoms with van der Waals surface area (Å²) in [4.78, 5) is 14.7. The van der Waals surface area contributed by atoms with E-state index in [1.54, 1.807) is 13.2 Å². The summed E-state index contributed by atoms with van der Waals surface area (Å²) in [5, 5.41) is 3.97. The zero-order chi connectivity index (χ0) is 17.4. The van der Waals surface area contributed by atoms with E-state index in [-0.39, 0.29) is 23.7 Å². The first-order valence-corrected chi connectivity index (χ1v) is 8.79. The number of carbonyl (C=O) groups excluding carboxylic acids is 1. The molecule has 7 heteroatoms. The molecule has 142 valence electrons. The molecular weight excluding hydrogens is 363 g/mol. The molecule has 0 aliphatic carbocycles. The Morgan fingerprint density at radius 2 is 2.08 bits per heavy atom. The Hall–Kier alpha value is -1.01. The van der Waals surface area contributed by atoms with E-state index in [4.69, 9.17) is 21.1 Å². The van der Waals surface area contributed by atoms with Crippen LogP contribution in [0.2, 0.25) is 5.02 Å². The van der Waals surface area contributed by atoms with E-state index < -0.39 is 0 Å². The number of benzene rings is 1. The highest BCUT2D eigenvalue weighted by Crippen LogP contribution is 2.31. The Labute approximate surface area is 161 Å². The molecular formula is C18H28Cl2N2O3. The maximum absolute atomic E-state index is 12.9. The van der Waals surface area contributed by atoms with Gasteiger partial charge in [-0.2, -0.15) is 0 Å². The smallest absolute Gasteiger partial charge is 0.230 e. The van der Waals surface area contributed by atoms with Crippen LogP contribution in [-0.4, -0.2) is 57.8 Å². The minimum Gasteiger partial charge on any atom is -0.493 e. The lowest BCUT2D eigenvalue weighted by Gasteiger charge is -2.38. The molecule has 0 saturated carbocycles. The molecule has 2 rings (SSSR count). The maximum Gasteiger partial charge on any atom is 0.230 e. The first-order valence-electron chi connectivity index (χ1n) is 8.41. The van der Waals surface area contributed by atoms with E-state index in [9.17, 15) is 4.79 Å². The van der Waals surface area contributed by atoms with Gasteiger partial charge in [0, 0.05) is 25.7 Å². The predicted octanol–water partition coefficient (Wildman–Crippen LogP) is 3.01. The maximum atomic E-state index is 12.9. The Balaban J connectivity index is 0.00000312. The molecule has 1 N–H and O–H groups in total. The molecule has 1 aliphatic rings. The molecule has 0 unspecified atom stereocenters. The first kappa shape index (κ1) is 22.0. The fraction of sp³-hybridized carbons (Fsp3) is 0.611. The number of methoxy groups -OCH3 is 1. The molecule has 1 fully saturated rings. The normalized spacial score (nSPS) is 16.0. The highest BCUT2D eigenvalue weighted by molar-refractivity contribution is 6.30. The van der Waals surface area contributed by atoms with E-state index >= 15 is 0 Å². The summed E-state index contributed by atoms with van der Waals surface area (Å²) in [5.74, 6) is 0.930. The van der Waals surface area contributed by atoms with Crippen LogP contribution < -0.4 is 10.1 Å². The summed E-state index contributed by atoms with van der Waals surface area (Å²) in [6.45, 7) is 3.42. The number of halogens is 2. The zero-order valence-electron chi connectivity index (χ0n) is 14.9. The molecule has 0 bridgehead atoms. The molecule has 25 heavy (non-hydrogen) atoms. The third kappa shape index (κ3) is 6.33. The molecule has 0 atom stereocenters. The molecule has 5 nitrogen and oxygen atoms in total. The average molecular weight is 391 g/mol. The molecule has 1 heterocycles. The van der Waals surface area contributed by atoms with Crippen molar-refractivity contribution in [2.24, 2.45) is 5.41 Å². The quantitative estimate of drug-likeness (QED) is 0.693. The number of hydrogen-bond donors (Lipinski definition) is 1. The van der Waals surface area contributed by atoms with E-state index in [1.807, 2.05) is 30.1 Å². The molecule has 1 saturated heterocycles. The number of nitrogens with one attached hydrogen (secondary N) is 1. The van der Waals surface area contributed by atoms with Gasteiger partial charge in [0.25, 0.3) is 0 Å². The van der Waals surface area contributed by atoms with E-state index in [0.29, 0.717) is 24.8 Å². The largest absolute Gasteiger partial charge is 0.493 e. The number of rotatable bonds is 8. The molecule has 0 spiro atoms. The van der Waals surface area contributed by atoms with Gasteiger partial charge in [0.1, 0.15) is 5.75 Å². The Morgan fingerprint density at radius 3 is 2.72 bits per heavy atom. The summed E-state index contributed by atoms with van der Waals surface area (Å²) in [6, 6.07) is 7.34. The highest BCUT2D eigenvalue weighted by atomic mass is 35.5. The minimum atomic E-state index is -0.386. The van der Waals surface area contributed by atoms with Crippen LogP contribution >= 0.6 is 24.0 Å². The third-order valence-corrected chi connectivity index (χ3v) is 4.72. The Morgan fingerprint density at radius 1 is 1.36 bits per heavy atom. The second kappa shape index (κ2) is 10.9. The van der Waals surface area contributed by atoms with Crippen molar-refractivity contribution in [3.05, 3.63) is 29.3 Å². The van der Waals surface area contributed by atoms with Crippen LogP contribution in [0.5, 0.6) is 5.75 Å².